The van der Waals surface area contributed by atoms with Crippen LogP contribution in [0.25, 0.3) is 0 Å². The summed E-state index contributed by atoms with van der Waals surface area (Å²) < 4.78 is 5.89. The molecule has 3 amide bonds. The second-order valence-electron chi connectivity index (χ2n) is 9.78. The highest BCUT2D eigenvalue weighted by molar-refractivity contribution is 5.97. The maximum atomic E-state index is 13.9. The average molecular weight is 570 g/mol. The summed E-state index contributed by atoms with van der Waals surface area (Å²) >= 11 is 0. The van der Waals surface area contributed by atoms with Crippen LogP contribution in [-0.2, 0) is 29.2 Å². The number of H-pyrrole nitrogens is 1. The monoisotopic (exact) mass is 569 g/mol. The molecule has 1 atom stereocenters. The summed E-state index contributed by atoms with van der Waals surface area (Å²) in [6, 6.07) is 25.3. The first-order valence-electron chi connectivity index (χ1n) is 13.8. The molecule has 0 spiro atoms. The summed E-state index contributed by atoms with van der Waals surface area (Å²) in [7, 11) is 0. The van der Waals surface area contributed by atoms with Gasteiger partial charge in [0.1, 0.15) is 24.9 Å². The number of carboxylic acid groups (broad SMARTS) is 1. The fourth-order valence-electron chi connectivity index (χ4n) is 4.53. The Morgan fingerprint density at radius 1 is 0.952 bits per heavy atom. The second kappa shape index (κ2) is 15.0. The Bertz CT molecular complexity index is 1410. The van der Waals surface area contributed by atoms with Gasteiger partial charge in [0.05, 0.1) is 6.33 Å². The molecule has 0 fully saturated rings. The van der Waals surface area contributed by atoms with Crippen LogP contribution in [-0.4, -0.2) is 57.0 Å². The quantitative estimate of drug-likeness (QED) is 0.203. The molecule has 1 unspecified atom stereocenters. The second-order valence-corrected chi connectivity index (χ2v) is 9.78. The number of amides is 3. The predicted molar refractivity (Wildman–Crippen MR) is 159 cm³/mol. The van der Waals surface area contributed by atoms with Crippen molar-refractivity contribution in [3.05, 3.63) is 114 Å². The number of para-hydroxylation sites is 1. The fraction of sp³-hybridized carbons (Fsp3) is 0.250. The first-order valence-corrected chi connectivity index (χ1v) is 13.8. The van der Waals surface area contributed by atoms with Gasteiger partial charge < -0.3 is 29.9 Å². The number of carbonyl (C=O) groups is 3. The molecule has 218 valence electrons. The lowest BCUT2D eigenvalue weighted by Crippen LogP contribution is -2.52. The largest absolute Gasteiger partial charge is 0.489 e. The number of anilines is 1. The van der Waals surface area contributed by atoms with Crippen molar-refractivity contribution < 1.29 is 24.2 Å². The van der Waals surface area contributed by atoms with E-state index in [9.17, 15) is 19.5 Å². The molecule has 0 saturated carbocycles. The topological polar surface area (TPSA) is 128 Å². The van der Waals surface area contributed by atoms with Gasteiger partial charge in [-0.3, -0.25) is 9.59 Å². The molecule has 0 aliphatic carbocycles. The molecule has 3 aromatic carbocycles. The number of nitrogens with zero attached hydrogens (tertiary/aromatic N) is 3. The molecule has 1 heterocycles. The van der Waals surface area contributed by atoms with Crippen molar-refractivity contribution in [2.24, 2.45) is 0 Å². The van der Waals surface area contributed by atoms with Crippen LogP contribution >= 0.6 is 0 Å². The smallest absolute Gasteiger partial charge is 0.405 e. The van der Waals surface area contributed by atoms with Crippen molar-refractivity contribution in [1.29, 1.82) is 0 Å². The first kappa shape index (κ1) is 29.9. The highest BCUT2D eigenvalue weighted by Crippen LogP contribution is 2.19. The van der Waals surface area contributed by atoms with Gasteiger partial charge in [0, 0.05) is 37.1 Å². The van der Waals surface area contributed by atoms with Gasteiger partial charge in [0.15, 0.2) is 0 Å². The number of nitrogens with one attached hydrogen (secondary N) is 2. The zero-order valence-corrected chi connectivity index (χ0v) is 23.5. The summed E-state index contributed by atoms with van der Waals surface area (Å²) in [5.41, 5.74) is 3.13. The van der Waals surface area contributed by atoms with Gasteiger partial charge in [-0.05, 0) is 41.8 Å². The molecule has 10 nitrogen and oxygen atoms in total. The Morgan fingerprint density at radius 2 is 1.64 bits per heavy atom. The molecule has 42 heavy (non-hydrogen) atoms. The highest BCUT2D eigenvalue weighted by atomic mass is 16.5. The standard InChI is InChI=1S/C32H35N5O5/c1-2-17-37(27-11-7-4-8-12-27)30(38)21-36(31(39)29(35-32(40)41)18-26-19-33-23-34-26)20-24-13-15-28(16-14-24)42-22-25-9-5-3-6-10-25/h3-16,19,23,29,35H,2,17-18,20-22H2,1H3,(H,33,34)(H,40,41). The number of benzene rings is 3. The van der Waals surface area contributed by atoms with Crippen LogP contribution in [0.4, 0.5) is 10.5 Å². The zero-order valence-electron chi connectivity index (χ0n) is 23.5. The number of aromatic nitrogens is 2. The van der Waals surface area contributed by atoms with E-state index in [0.29, 0.717) is 24.6 Å². The molecule has 1 aromatic heterocycles. The maximum absolute atomic E-state index is 13.9. The van der Waals surface area contributed by atoms with Gasteiger partial charge in [-0.15, -0.1) is 0 Å². The van der Waals surface area contributed by atoms with Gasteiger partial charge in [-0.25, -0.2) is 9.78 Å². The van der Waals surface area contributed by atoms with Gasteiger partial charge in [-0.1, -0.05) is 67.6 Å². The molecule has 0 saturated heterocycles. The SMILES string of the molecule is CCCN(C(=O)CN(Cc1ccc(OCc2ccccc2)cc1)C(=O)C(Cc1cnc[nH]1)NC(=O)O)c1ccccc1. The Kier molecular flexibility index (Phi) is 10.7. The van der Waals surface area contributed by atoms with E-state index < -0.39 is 18.0 Å². The van der Waals surface area contributed by atoms with Crippen LogP contribution in [0.3, 0.4) is 0 Å². The summed E-state index contributed by atoms with van der Waals surface area (Å²) in [5.74, 6) is -0.122. The summed E-state index contributed by atoms with van der Waals surface area (Å²) in [6.45, 7) is 2.73. The number of hydrogen-bond acceptors (Lipinski definition) is 5. The van der Waals surface area contributed by atoms with Gasteiger partial charge in [0.2, 0.25) is 11.8 Å². The van der Waals surface area contributed by atoms with Crippen LogP contribution < -0.4 is 15.0 Å². The molecule has 4 rings (SSSR count). The molecular formula is C32H35N5O5. The van der Waals surface area contributed by atoms with E-state index in [1.54, 1.807) is 4.90 Å². The third-order valence-electron chi connectivity index (χ3n) is 6.57. The molecule has 0 radical (unpaired) electrons. The summed E-state index contributed by atoms with van der Waals surface area (Å²) in [6.07, 6.45) is 2.44. The van der Waals surface area contributed by atoms with Crippen molar-refractivity contribution in [3.8, 4) is 5.75 Å². The van der Waals surface area contributed by atoms with Crippen molar-refractivity contribution in [2.75, 3.05) is 18.0 Å². The molecule has 0 aliphatic rings. The number of hydrogen-bond donors (Lipinski definition) is 3. The van der Waals surface area contributed by atoms with Crippen molar-refractivity contribution >= 4 is 23.6 Å². The third-order valence-corrected chi connectivity index (χ3v) is 6.57. The van der Waals surface area contributed by atoms with Crippen LogP contribution in [0.2, 0.25) is 0 Å². The lowest BCUT2D eigenvalue weighted by molar-refractivity contribution is -0.137. The molecular weight excluding hydrogens is 534 g/mol. The number of ether oxygens (including phenoxy) is 1. The van der Waals surface area contributed by atoms with Crippen LogP contribution in [0.5, 0.6) is 5.75 Å². The molecule has 0 aliphatic heterocycles. The minimum atomic E-state index is -1.34. The maximum Gasteiger partial charge on any atom is 0.405 e. The van der Waals surface area contributed by atoms with E-state index in [1.165, 1.54) is 17.4 Å². The van der Waals surface area contributed by atoms with Gasteiger partial charge in [-0.2, -0.15) is 0 Å². The van der Waals surface area contributed by atoms with Crippen LogP contribution in [0.1, 0.15) is 30.2 Å². The van der Waals surface area contributed by atoms with Crippen molar-refractivity contribution in [1.82, 2.24) is 20.2 Å². The van der Waals surface area contributed by atoms with E-state index in [0.717, 1.165) is 23.2 Å². The minimum absolute atomic E-state index is 0.0550. The highest BCUT2D eigenvalue weighted by Gasteiger charge is 2.30. The normalized spacial score (nSPS) is 11.4. The lowest BCUT2D eigenvalue weighted by Gasteiger charge is -2.30. The number of carbonyl (C=O) groups excluding carboxylic acids is 2. The van der Waals surface area contributed by atoms with E-state index in [2.05, 4.69) is 15.3 Å². The van der Waals surface area contributed by atoms with Crippen LogP contribution in [0.15, 0.2) is 97.5 Å². The zero-order chi connectivity index (χ0) is 29.7. The van der Waals surface area contributed by atoms with E-state index in [-0.39, 0.29) is 25.4 Å². The average Bonchev–Trinajstić information content (AvgIpc) is 3.52. The number of aromatic amines is 1. The Labute approximate surface area is 245 Å². The lowest BCUT2D eigenvalue weighted by atomic mass is 10.1. The summed E-state index contributed by atoms with van der Waals surface area (Å²) in [4.78, 5) is 49.0. The Balaban J connectivity index is 1.55. The van der Waals surface area contributed by atoms with Gasteiger partial charge in [0.25, 0.3) is 0 Å². The molecule has 3 N–H and O–H groups in total. The first-order chi connectivity index (χ1) is 20.4. The van der Waals surface area contributed by atoms with E-state index in [4.69, 9.17) is 4.74 Å². The minimum Gasteiger partial charge on any atom is -0.489 e. The Morgan fingerprint density at radius 3 is 2.26 bits per heavy atom. The van der Waals surface area contributed by atoms with Crippen molar-refractivity contribution in [3.63, 3.8) is 0 Å². The molecule has 4 aromatic rings. The predicted octanol–water partition coefficient (Wildman–Crippen LogP) is 4.64. The van der Waals surface area contributed by atoms with Crippen LogP contribution in [0, 0.1) is 0 Å². The summed E-state index contributed by atoms with van der Waals surface area (Å²) in [5, 5.41) is 11.8. The van der Waals surface area contributed by atoms with Gasteiger partial charge >= 0.3 is 6.09 Å². The number of imidazole rings is 1. The van der Waals surface area contributed by atoms with E-state index >= 15 is 0 Å². The number of rotatable bonds is 14. The van der Waals surface area contributed by atoms with Crippen molar-refractivity contribution in [2.45, 2.75) is 39.0 Å². The fourth-order valence-corrected chi connectivity index (χ4v) is 4.53. The molecule has 10 heteroatoms. The Hall–Kier alpha value is -5.12. The third kappa shape index (κ3) is 8.69. The van der Waals surface area contributed by atoms with E-state index in [1.807, 2.05) is 91.9 Å². The molecule has 0 bridgehead atoms.